The fourth-order valence-electron chi connectivity index (χ4n) is 4.37. The molecule has 0 fully saturated rings. The number of rotatable bonds is 5. The second-order valence-electron chi connectivity index (χ2n) is 7.58. The van der Waals surface area contributed by atoms with Gasteiger partial charge in [0.2, 0.25) is 12.7 Å². The number of hydrogen-bond donors (Lipinski definition) is 0. The Morgan fingerprint density at radius 1 is 0.710 bits per heavy atom. The highest BCUT2D eigenvalue weighted by atomic mass is 31.2. The molecule has 0 aliphatic rings. The van der Waals surface area contributed by atoms with Crippen molar-refractivity contribution in [3.05, 3.63) is 109 Å². The van der Waals surface area contributed by atoms with Crippen molar-refractivity contribution in [2.24, 2.45) is 0 Å². The summed E-state index contributed by atoms with van der Waals surface area (Å²) in [5.74, 6) is 0. The van der Waals surface area contributed by atoms with Crippen LogP contribution >= 0.6 is 7.14 Å². The summed E-state index contributed by atoms with van der Waals surface area (Å²) >= 11 is 0. The molecule has 1 aromatic heterocycles. The van der Waals surface area contributed by atoms with E-state index in [-0.39, 0.29) is 5.52 Å². The van der Waals surface area contributed by atoms with Crippen LogP contribution in [0.15, 0.2) is 103 Å². The second kappa shape index (κ2) is 7.68. The lowest BCUT2D eigenvalue weighted by Crippen LogP contribution is -2.22. The SMILES string of the molecule is CCn1c2ccccc2c2cc(C(=O)P(=O)(c3ccccc3)c3ccccc3)ccc21. The molecule has 31 heavy (non-hydrogen) atoms. The van der Waals surface area contributed by atoms with E-state index in [1.807, 2.05) is 66.7 Å². The monoisotopic (exact) mass is 423 g/mol. The van der Waals surface area contributed by atoms with Crippen molar-refractivity contribution in [2.45, 2.75) is 13.5 Å². The van der Waals surface area contributed by atoms with E-state index < -0.39 is 7.14 Å². The predicted octanol–water partition coefficient (Wildman–Crippen LogP) is 5.97. The van der Waals surface area contributed by atoms with Gasteiger partial charge in [-0.2, -0.15) is 0 Å². The molecule has 4 heteroatoms. The number of para-hydroxylation sites is 1. The molecular formula is C27H22NO2P. The standard InChI is InChI=1S/C27H22NO2P/c1-2-28-25-16-10-9-15-23(25)24-19-20(17-18-26(24)28)27(29)31(30,21-11-5-3-6-12-21)22-13-7-4-8-14-22/h3-19H,2H2,1H3. The Hall–Kier alpha value is -3.42. The van der Waals surface area contributed by atoms with Gasteiger partial charge in [-0.05, 0) is 31.2 Å². The minimum absolute atomic E-state index is 0.333. The van der Waals surface area contributed by atoms with E-state index in [1.165, 1.54) is 0 Å². The Morgan fingerprint density at radius 2 is 1.26 bits per heavy atom. The zero-order chi connectivity index (χ0) is 21.4. The topological polar surface area (TPSA) is 39.1 Å². The zero-order valence-corrected chi connectivity index (χ0v) is 18.1. The van der Waals surface area contributed by atoms with E-state index >= 15 is 0 Å². The molecule has 0 aliphatic carbocycles. The van der Waals surface area contributed by atoms with Crippen LogP contribution in [-0.2, 0) is 11.1 Å². The highest BCUT2D eigenvalue weighted by molar-refractivity contribution is 7.93. The minimum Gasteiger partial charge on any atom is -0.341 e. The van der Waals surface area contributed by atoms with Crippen molar-refractivity contribution >= 4 is 45.1 Å². The van der Waals surface area contributed by atoms with E-state index in [1.54, 1.807) is 24.3 Å². The molecule has 5 aromatic rings. The smallest absolute Gasteiger partial charge is 0.230 e. The van der Waals surface area contributed by atoms with Crippen molar-refractivity contribution in [2.75, 3.05) is 0 Å². The molecule has 1 heterocycles. The van der Waals surface area contributed by atoms with E-state index in [0.29, 0.717) is 16.2 Å². The van der Waals surface area contributed by atoms with E-state index in [0.717, 1.165) is 28.4 Å². The molecule has 0 N–H and O–H groups in total. The van der Waals surface area contributed by atoms with Gasteiger partial charge >= 0.3 is 0 Å². The first-order valence-electron chi connectivity index (χ1n) is 10.4. The molecule has 0 atom stereocenters. The predicted molar refractivity (Wildman–Crippen MR) is 129 cm³/mol. The fraction of sp³-hybridized carbons (Fsp3) is 0.0741. The molecule has 0 spiro atoms. The van der Waals surface area contributed by atoms with Gasteiger partial charge in [-0.25, -0.2) is 0 Å². The maximum Gasteiger partial charge on any atom is 0.230 e. The Balaban J connectivity index is 1.74. The first kappa shape index (κ1) is 19.5. The number of carbonyl (C=O) groups is 1. The maximum atomic E-state index is 14.4. The molecular weight excluding hydrogens is 401 g/mol. The molecule has 0 bridgehead atoms. The quantitative estimate of drug-likeness (QED) is 0.327. The molecule has 3 nitrogen and oxygen atoms in total. The van der Waals surface area contributed by atoms with Gasteiger partial charge in [0.1, 0.15) is 0 Å². The summed E-state index contributed by atoms with van der Waals surface area (Å²) in [5, 5.41) is 3.23. The first-order valence-corrected chi connectivity index (χ1v) is 12.1. The Morgan fingerprint density at radius 3 is 1.87 bits per heavy atom. The normalized spacial score (nSPS) is 11.8. The molecule has 4 aromatic carbocycles. The van der Waals surface area contributed by atoms with E-state index in [4.69, 9.17) is 0 Å². The number of hydrogen-bond acceptors (Lipinski definition) is 2. The fourth-order valence-corrected chi connectivity index (χ4v) is 6.82. The van der Waals surface area contributed by atoms with Crippen LogP contribution < -0.4 is 10.6 Å². The minimum atomic E-state index is -3.52. The van der Waals surface area contributed by atoms with Crippen LogP contribution in [0.4, 0.5) is 0 Å². The van der Waals surface area contributed by atoms with Crippen LogP contribution in [0.5, 0.6) is 0 Å². The van der Waals surface area contributed by atoms with Crippen molar-refractivity contribution in [3.8, 4) is 0 Å². The number of benzene rings is 4. The molecule has 0 saturated carbocycles. The van der Waals surface area contributed by atoms with Gasteiger partial charge in [-0.3, -0.25) is 4.79 Å². The number of aryl methyl sites for hydroxylation is 1. The lowest BCUT2D eigenvalue weighted by Gasteiger charge is -2.18. The van der Waals surface area contributed by atoms with Gasteiger partial charge in [-0.1, -0.05) is 78.9 Å². The van der Waals surface area contributed by atoms with Gasteiger partial charge in [0.25, 0.3) is 0 Å². The number of fused-ring (bicyclic) bond motifs is 3. The van der Waals surface area contributed by atoms with E-state index in [9.17, 15) is 9.36 Å². The summed E-state index contributed by atoms with van der Waals surface area (Å²) in [4.78, 5) is 13.9. The summed E-state index contributed by atoms with van der Waals surface area (Å²) in [5.41, 5.74) is 2.36. The van der Waals surface area contributed by atoms with Crippen LogP contribution in [-0.4, -0.2) is 10.1 Å². The Bertz CT molecular complexity index is 1410. The molecule has 0 radical (unpaired) electrons. The first-order chi connectivity index (χ1) is 15.1. The Labute approximate surface area is 181 Å². The third kappa shape index (κ3) is 3.05. The van der Waals surface area contributed by atoms with Crippen LogP contribution in [0, 0.1) is 0 Å². The molecule has 0 saturated heterocycles. The van der Waals surface area contributed by atoms with Gasteiger partial charge in [-0.15, -0.1) is 0 Å². The highest BCUT2D eigenvalue weighted by Crippen LogP contribution is 2.47. The molecule has 0 amide bonds. The van der Waals surface area contributed by atoms with Crippen LogP contribution in [0.2, 0.25) is 0 Å². The summed E-state index contributed by atoms with van der Waals surface area (Å²) < 4.78 is 16.7. The van der Waals surface area contributed by atoms with Crippen molar-refractivity contribution in [1.29, 1.82) is 0 Å². The summed E-state index contributed by atoms with van der Waals surface area (Å²) in [7, 11) is -3.52. The molecule has 0 unspecified atom stereocenters. The van der Waals surface area contributed by atoms with Gasteiger partial charge in [0.05, 0.1) is 0 Å². The van der Waals surface area contributed by atoms with Gasteiger partial charge in [0, 0.05) is 44.5 Å². The number of aromatic nitrogens is 1. The lowest BCUT2D eigenvalue weighted by atomic mass is 10.1. The van der Waals surface area contributed by atoms with Crippen LogP contribution in [0.3, 0.4) is 0 Å². The molecule has 5 rings (SSSR count). The number of nitrogens with zero attached hydrogens (tertiary/aromatic N) is 1. The largest absolute Gasteiger partial charge is 0.341 e. The van der Waals surface area contributed by atoms with Crippen molar-refractivity contribution < 1.29 is 9.36 Å². The van der Waals surface area contributed by atoms with E-state index in [2.05, 4.69) is 23.6 Å². The third-order valence-corrected chi connectivity index (χ3v) is 8.74. The van der Waals surface area contributed by atoms with Crippen molar-refractivity contribution in [1.82, 2.24) is 4.57 Å². The Kier molecular flexibility index (Phi) is 4.84. The summed E-state index contributed by atoms with van der Waals surface area (Å²) in [6, 6.07) is 32.1. The number of carbonyl (C=O) groups excluding carboxylic acids is 1. The maximum absolute atomic E-state index is 14.4. The van der Waals surface area contributed by atoms with Gasteiger partial charge < -0.3 is 9.13 Å². The third-order valence-electron chi connectivity index (χ3n) is 5.86. The highest BCUT2D eigenvalue weighted by Gasteiger charge is 2.36. The summed E-state index contributed by atoms with van der Waals surface area (Å²) in [6.07, 6.45) is 0. The average molecular weight is 423 g/mol. The average Bonchev–Trinajstić information content (AvgIpc) is 3.17. The van der Waals surface area contributed by atoms with Crippen LogP contribution in [0.1, 0.15) is 17.3 Å². The van der Waals surface area contributed by atoms with Gasteiger partial charge in [0.15, 0.2) is 0 Å². The molecule has 0 aliphatic heterocycles. The zero-order valence-electron chi connectivity index (χ0n) is 17.2. The van der Waals surface area contributed by atoms with Crippen LogP contribution in [0.25, 0.3) is 21.8 Å². The van der Waals surface area contributed by atoms with Crippen molar-refractivity contribution in [3.63, 3.8) is 0 Å². The second-order valence-corrected chi connectivity index (χ2v) is 10.2. The summed E-state index contributed by atoms with van der Waals surface area (Å²) in [6.45, 7) is 2.95. The lowest BCUT2D eigenvalue weighted by molar-refractivity contribution is 0.107. The molecule has 152 valence electrons.